The van der Waals surface area contributed by atoms with Crippen LogP contribution in [0.15, 0.2) is 16.7 Å². The highest BCUT2D eigenvalue weighted by Crippen LogP contribution is 2.13. The number of anilines is 1. The lowest BCUT2D eigenvalue weighted by Gasteiger charge is -1.96. The van der Waals surface area contributed by atoms with Gasteiger partial charge in [0.15, 0.2) is 0 Å². The second-order valence-electron chi connectivity index (χ2n) is 2.36. The SMILES string of the molecule is Nc1ncc(Br)cc1C#CCCO. The van der Waals surface area contributed by atoms with Crippen molar-refractivity contribution in [2.24, 2.45) is 0 Å². The molecule has 0 unspecified atom stereocenters. The first-order valence-corrected chi connectivity index (χ1v) is 4.54. The molecule has 0 atom stereocenters. The molecule has 13 heavy (non-hydrogen) atoms. The van der Waals surface area contributed by atoms with Crippen LogP contribution in [-0.2, 0) is 0 Å². The molecule has 1 heterocycles. The Bertz CT molecular complexity index is 354. The van der Waals surface area contributed by atoms with Crippen molar-refractivity contribution in [3.05, 3.63) is 22.3 Å². The van der Waals surface area contributed by atoms with E-state index < -0.39 is 0 Å². The first kappa shape index (κ1) is 10.0. The summed E-state index contributed by atoms with van der Waals surface area (Å²) in [5, 5.41) is 8.51. The third-order valence-corrected chi connectivity index (χ3v) is 1.78. The maximum Gasteiger partial charge on any atom is 0.139 e. The second kappa shape index (κ2) is 4.85. The average Bonchev–Trinajstić information content (AvgIpc) is 2.11. The molecule has 0 aliphatic carbocycles. The van der Waals surface area contributed by atoms with Gasteiger partial charge in [0.2, 0.25) is 0 Å². The second-order valence-corrected chi connectivity index (χ2v) is 3.28. The Morgan fingerprint density at radius 2 is 2.38 bits per heavy atom. The maximum atomic E-state index is 8.51. The fourth-order valence-corrected chi connectivity index (χ4v) is 1.09. The molecule has 3 nitrogen and oxygen atoms in total. The molecule has 0 aliphatic rings. The molecule has 0 radical (unpaired) electrons. The Kier molecular flexibility index (Phi) is 3.74. The summed E-state index contributed by atoms with van der Waals surface area (Å²) in [6.07, 6.45) is 2.07. The Morgan fingerprint density at radius 1 is 1.62 bits per heavy atom. The smallest absolute Gasteiger partial charge is 0.139 e. The van der Waals surface area contributed by atoms with E-state index in [4.69, 9.17) is 10.8 Å². The van der Waals surface area contributed by atoms with Crippen molar-refractivity contribution in [2.75, 3.05) is 12.3 Å². The minimum Gasteiger partial charge on any atom is -0.395 e. The molecule has 4 heteroatoms. The molecule has 0 aromatic carbocycles. The third-order valence-electron chi connectivity index (χ3n) is 1.35. The van der Waals surface area contributed by atoms with Gasteiger partial charge in [0, 0.05) is 17.1 Å². The van der Waals surface area contributed by atoms with Gasteiger partial charge >= 0.3 is 0 Å². The molecule has 3 N–H and O–H groups in total. The van der Waals surface area contributed by atoms with E-state index in [2.05, 4.69) is 32.8 Å². The summed E-state index contributed by atoms with van der Waals surface area (Å²) in [5.41, 5.74) is 6.26. The van der Waals surface area contributed by atoms with Gasteiger partial charge in [-0.05, 0) is 22.0 Å². The Hall–Kier alpha value is -1.05. The van der Waals surface area contributed by atoms with Gasteiger partial charge < -0.3 is 10.8 Å². The summed E-state index contributed by atoms with van der Waals surface area (Å²) >= 11 is 3.27. The molecule has 1 aromatic heterocycles. The van der Waals surface area contributed by atoms with Crippen molar-refractivity contribution in [3.63, 3.8) is 0 Å². The normalized spacial score (nSPS) is 9.08. The molecule has 1 rings (SSSR count). The molecular formula is C9H9BrN2O. The molecule has 68 valence electrons. The fraction of sp³-hybridized carbons (Fsp3) is 0.222. The predicted octanol–water partition coefficient (Wildman–Crippen LogP) is 1.16. The van der Waals surface area contributed by atoms with E-state index in [1.807, 2.05) is 0 Å². The first-order chi connectivity index (χ1) is 6.24. The lowest BCUT2D eigenvalue weighted by molar-refractivity contribution is 0.305. The van der Waals surface area contributed by atoms with Crippen molar-refractivity contribution in [1.29, 1.82) is 0 Å². The number of aliphatic hydroxyl groups excluding tert-OH is 1. The van der Waals surface area contributed by atoms with Gasteiger partial charge in [0.25, 0.3) is 0 Å². The lowest BCUT2D eigenvalue weighted by atomic mass is 10.2. The van der Waals surface area contributed by atoms with E-state index in [1.54, 1.807) is 12.3 Å². The van der Waals surface area contributed by atoms with Crippen LogP contribution < -0.4 is 5.73 Å². The number of aromatic nitrogens is 1. The van der Waals surface area contributed by atoms with E-state index in [0.29, 0.717) is 17.8 Å². The average molecular weight is 241 g/mol. The van der Waals surface area contributed by atoms with Gasteiger partial charge in [0.05, 0.1) is 12.2 Å². The van der Waals surface area contributed by atoms with Crippen molar-refractivity contribution in [3.8, 4) is 11.8 Å². The number of pyridine rings is 1. The highest BCUT2D eigenvalue weighted by molar-refractivity contribution is 9.10. The zero-order valence-electron chi connectivity index (χ0n) is 6.92. The van der Waals surface area contributed by atoms with E-state index in [9.17, 15) is 0 Å². The number of nitrogens with zero attached hydrogens (tertiary/aromatic N) is 1. The standard InChI is InChI=1S/C9H9BrN2O/c10-8-5-7(3-1-2-4-13)9(11)12-6-8/h5-6,13H,2,4H2,(H2,11,12). The summed E-state index contributed by atoms with van der Waals surface area (Å²) in [6.45, 7) is 0.0638. The highest BCUT2D eigenvalue weighted by atomic mass is 79.9. The highest BCUT2D eigenvalue weighted by Gasteiger charge is 1.96. The van der Waals surface area contributed by atoms with Gasteiger partial charge in [-0.15, -0.1) is 0 Å². The summed E-state index contributed by atoms with van der Waals surface area (Å²) in [7, 11) is 0. The number of rotatable bonds is 1. The summed E-state index contributed by atoms with van der Waals surface area (Å²) in [6, 6.07) is 1.80. The van der Waals surface area contributed by atoms with E-state index in [-0.39, 0.29) is 6.61 Å². The van der Waals surface area contributed by atoms with Gasteiger partial charge in [0.1, 0.15) is 5.82 Å². The molecule has 1 aromatic rings. The van der Waals surface area contributed by atoms with Crippen LogP contribution in [0.5, 0.6) is 0 Å². The molecule has 0 saturated heterocycles. The fourth-order valence-electron chi connectivity index (χ4n) is 0.764. The number of aliphatic hydroxyl groups is 1. The number of nitrogens with two attached hydrogens (primary N) is 1. The Morgan fingerprint density at radius 3 is 3.08 bits per heavy atom. The van der Waals surface area contributed by atoms with Crippen LogP contribution in [0.25, 0.3) is 0 Å². The quantitative estimate of drug-likeness (QED) is 0.725. The van der Waals surface area contributed by atoms with Gasteiger partial charge in [-0.3, -0.25) is 0 Å². The first-order valence-electron chi connectivity index (χ1n) is 3.75. The topological polar surface area (TPSA) is 59.1 Å². The van der Waals surface area contributed by atoms with E-state index in [0.717, 1.165) is 4.47 Å². The van der Waals surface area contributed by atoms with Crippen molar-refractivity contribution < 1.29 is 5.11 Å². The third kappa shape index (κ3) is 3.05. The molecular weight excluding hydrogens is 232 g/mol. The molecule has 0 aliphatic heterocycles. The number of halogens is 1. The van der Waals surface area contributed by atoms with Crippen LogP contribution in [0.4, 0.5) is 5.82 Å². The zero-order valence-corrected chi connectivity index (χ0v) is 8.50. The van der Waals surface area contributed by atoms with E-state index >= 15 is 0 Å². The number of hydrogen-bond acceptors (Lipinski definition) is 3. The van der Waals surface area contributed by atoms with Crippen molar-refractivity contribution in [2.45, 2.75) is 6.42 Å². The number of nitrogen functional groups attached to an aromatic ring is 1. The largest absolute Gasteiger partial charge is 0.395 e. The van der Waals surface area contributed by atoms with Gasteiger partial charge in [-0.25, -0.2) is 4.98 Å². The zero-order chi connectivity index (χ0) is 9.68. The summed E-state index contributed by atoms with van der Waals surface area (Å²) < 4.78 is 0.843. The number of hydrogen-bond donors (Lipinski definition) is 2. The molecule has 0 saturated carbocycles. The van der Waals surface area contributed by atoms with E-state index in [1.165, 1.54) is 0 Å². The monoisotopic (exact) mass is 240 g/mol. The van der Waals surface area contributed by atoms with Crippen LogP contribution >= 0.6 is 15.9 Å². The summed E-state index contributed by atoms with van der Waals surface area (Å²) in [4.78, 5) is 3.92. The van der Waals surface area contributed by atoms with Crippen molar-refractivity contribution >= 4 is 21.7 Å². The molecule has 0 bridgehead atoms. The van der Waals surface area contributed by atoms with Crippen LogP contribution in [0.1, 0.15) is 12.0 Å². The molecule has 0 spiro atoms. The molecule has 0 fully saturated rings. The Balaban J connectivity index is 2.89. The minimum absolute atomic E-state index is 0.0638. The maximum absolute atomic E-state index is 8.51. The van der Waals surface area contributed by atoms with Gasteiger partial charge in [-0.1, -0.05) is 11.8 Å². The van der Waals surface area contributed by atoms with Crippen molar-refractivity contribution in [1.82, 2.24) is 4.98 Å². The summed E-state index contributed by atoms with van der Waals surface area (Å²) in [5.74, 6) is 6.02. The minimum atomic E-state index is 0.0638. The predicted molar refractivity (Wildman–Crippen MR) is 54.9 cm³/mol. The lowest BCUT2D eigenvalue weighted by Crippen LogP contribution is -1.93. The van der Waals surface area contributed by atoms with Crippen LogP contribution in [0.3, 0.4) is 0 Å². The Labute approximate surface area is 85.1 Å². The van der Waals surface area contributed by atoms with Gasteiger partial charge in [-0.2, -0.15) is 0 Å². The van der Waals surface area contributed by atoms with Crippen LogP contribution in [-0.4, -0.2) is 16.7 Å². The van der Waals surface area contributed by atoms with Crippen LogP contribution in [0.2, 0.25) is 0 Å². The molecule has 0 amide bonds. The van der Waals surface area contributed by atoms with Crippen LogP contribution in [0, 0.1) is 11.8 Å².